The Bertz CT molecular complexity index is 5200. The highest BCUT2D eigenvalue weighted by atomic mass is 19.1. The molecule has 12 rings (SSSR count). The van der Waals surface area contributed by atoms with Crippen molar-refractivity contribution in [3.05, 3.63) is 410 Å². The van der Waals surface area contributed by atoms with Crippen molar-refractivity contribution in [3.63, 3.8) is 0 Å². The van der Waals surface area contributed by atoms with Crippen LogP contribution in [-0.4, -0.2) is 78.6 Å². The van der Waals surface area contributed by atoms with Gasteiger partial charge in [0.05, 0.1) is 5.56 Å². The average Bonchev–Trinajstić information content (AvgIpc) is 0.858. The molecular weight excluding hydrogens is 1660 g/mol. The number of rotatable bonds is 12. The number of carbonyl (C=O) groups is 11. The Morgan fingerprint density at radius 3 is 0.795 bits per heavy atom. The molecule has 0 amide bonds. The van der Waals surface area contributed by atoms with E-state index in [-0.39, 0.29) is 101 Å². The molecule has 18 heteroatoms. The maximum absolute atomic E-state index is 12.9. The van der Waals surface area contributed by atoms with Crippen LogP contribution in [0.25, 0.3) is 5.57 Å². The van der Waals surface area contributed by atoms with E-state index in [4.69, 9.17) is 0 Å². The average molecular weight is 1800 g/mol. The number of aryl methyl sites for hydroxylation is 18. The second-order valence-corrected chi connectivity index (χ2v) is 31.9. The van der Waals surface area contributed by atoms with Crippen molar-refractivity contribution < 1.29 is 70.3 Å². The van der Waals surface area contributed by atoms with Crippen LogP contribution >= 0.6 is 0 Å². The maximum atomic E-state index is 12.9. The van der Waals surface area contributed by atoms with Crippen LogP contribution in [0.5, 0.6) is 0 Å². The minimum atomic E-state index is -0.572. The SMILES string of the molecule is C.C.C=C(C)c1ccc(C)cc1.CC(=O)c1cc(C)c(C)cn1.CC(=O)c1ccc(C)c(C)c1.CC(=O)c1ccc(C)c(C)n1.CC(=O)c1ccc(C)c(F)c1.CC(=O)c1ccc(C)c(F)c1.CC(=O)c1ccc(C)c(F)n1.CC(=O)c1ccc(C)cc1.CC(=O)c1ccc(C)cc1C.CC(=O)c1ccc(C)cc1C.CC(=O)c1ccc(C)cc1C.CC(=O)c1ccc(C)cc1F. The molecule has 0 aliphatic heterocycles. The first kappa shape index (κ1) is 120. The van der Waals surface area contributed by atoms with Gasteiger partial charge in [0.25, 0.3) is 0 Å². The fraction of sp³-hybridized carbons (Fsp3) is 0.281. The topological polar surface area (TPSA) is 226 Å². The number of hydrogen-bond acceptors (Lipinski definition) is 14. The summed E-state index contributed by atoms with van der Waals surface area (Å²) in [5, 5.41) is 0. The molecule has 0 aliphatic carbocycles. The molecule has 0 fully saturated rings. The van der Waals surface area contributed by atoms with E-state index >= 15 is 0 Å². The normalized spacial score (nSPS) is 9.53. The third-order valence-electron chi connectivity index (χ3n) is 19.7. The van der Waals surface area contributed by atoms with Crippen LogP contribution in [0.2, 0.25) is 0 Å². The maximum Gasteiger partial charge on any atom is 0.216 e. The van der Waals surface area contributed by atoms with Gasteiger partial charge in [0.15, 0.2) is 63.6 Å². The Morgan fingerprint density at radius 1 is 0.220 bits per heavy atom. The second-order valence-electron chi connectivity index (χ2n) is 31.9. The quantitative estimate of drug-likeness (QED) is 0.0630. The number of pyridine rings is 3. The lowest BCUT2D eigenvalue weighted by atomic mass is 10.0. The van der Waals surface area contributed by atoms with E-state index < -0.39 is 11.8 Å². The highest BCUT2D eigenvalue weighted by Crippen LogP contribution is 2.19. The minimum Gasteiger partial charge on any atom is -0.295 e. The third-order valence-corrected chi connectivity index (χ3v) is 19.7. The zero-order valence-electron chi connectivity index (χ0n) is 81.3. The molecule has 0 unspecified atom stereocenters. The summed E-state index contributed by atoms with van der Waals surface area (Å²) in [5.41, 5.74) is 27.1. The summed E-state index contributed by atoms with van der Waals surface area (Å²) in [4.78, 5) is 131. The predicted molar refractivity (Wildman–Crippen MR) is 534 cm³/mol. The molecule has 3 heterocycles. The first-order valence-electron chi connectivity index (χ1n) is 42.0. The van der Waals surface area contributed by atoms with Crippen molar-refractivity contribution in [3.8, 4) is 0 Å². The smallest absolute Gasteiger partial charge is 0.216 e. The van der Waals surface area contributed by atoms with Crippen LogP contribution in [0.3, 0.4) is 0 Å². The number of hydrogen-bond donors (Lipinski definition) is 0. The number of Topliss-reactive ketones (excluding diaryl/α,β-unsaturated/α-hetero) is 11. The number of nitrogens with zero attached hydrogens (tertiary/aromatic N) is 3. The van der Waals surface area contributed by atoms with Gasteiger partial charge in [0, 0.05) is 77.2 Å². The van der Waals surface area contributed by atoms with Crippen LogP contribution in [0.1, 0.15) is 318 Å². The number of carbonyl (C=O) groups excluding carboxylic acids is 11. The van der Waals surface area contributed by atoms with Gasteiger partial charge in [-0.1, -0.05) is 213 Å². The molecule has 0 radical (unpaired) electrons. The minimum absolute atomic E-state index is 0. The molecule has 132 heavy (non-hydrogen) atoms. The molecule has 0 N–H and O–H groups in total. The zero-order valence-corrected chi connectivity index (χ0v) is 81.3. The van der Waals surface area contributed by atoms with Crippen LogP contribution in [0.4, 0.5) is 17.6 Å². The highest BCUT2D eigenvalue weighted by Gasteiger charge is 2.11. The van der Waals surface area contributed by atoms with E-state index in [2.05, 4.69) is 52.7 Å². The monoisotopic (exact) mass is 1800 g/mol. The lowest BCUT2D eigenvalue weighted by Gasteiger charge is -2.01. The third kappa shape index (κ3) is 45.5. The van der Waals surface area contributed by atoms with Gasteiger partial charge >= 0.3 is 0 Å². The summed E-state index contributed by atoms with van der Waals surface area (Å²) in [6, 6.07) is 61.5. The van der Waals surface area contributed by atoms with Gasteiger partial charge in [-0.2, -0.15) is 4.39 Å². The van der Waals surface area contributed by atoms with Crippen molar-refractivity contribution in [2.45, 2.75) is 223 Å². The van der Waals surface area contributed by atoms with Crippen molar-refractivity contribution in [1.82, 2.24) is 15.0 Å². The zero-order chi connectivity index (χ0) is 99.4. The molecule has 0 atom stereocenters. The number of aromatic nitrogens is 3. The van der Waals surface area contributed by atoms with Crippen molar-refractivity contribution in [1.29, 1.82) is 0 Å². The molecule has 0 spiro atoms. The molecule has 14 nitrogen and oxygen atoms in total. The fourth-order valence-corrected chi connectivity index (χ4v) is 11.1. The van der Waals surface area contributed by atoms with Gasteiger partial charge < -0.3 is 0 Å². The van der Waals surface area contributed by atoms with Crippen LogP contribution in [0.15, 0.2) is 219 Å². The molecule has 0 saturated heterocycles. The predicted octanol–water partition coefficient (Wildman–Crippen LogP) is 29.1. The molecule has 0 aliphatic rings. The van der Waals surface area contributed by atoms with Gasteiger partial charge in [0.2, 0.25) is 5.95 Å². The van der Waals surface area contributed by atoms with E-state index in [1.807, 2.05) is 206 Å². The lowest BCUT2D eigenvalue weighted by Crippen LogP contribution is -1.99. The van der Waals surface area contributed by atoms with Gasteiger partial charge in [-0.15, -0.1) is 0 Å². The highest BCUT2D eigenvalue weighted by molar-refractivity contribution is 5.99. The Hall–Kier alpha value is -13.7. The standard InChI is InChI=1S/4C10H12O.C10H12.3C9H9FO.2C9H11NO.C9H10O.C8H8FNO.2CH4/c1-7-4-5-10(9(3)11)6-8(7)2;3*1-7-4-5-10(9(3)11)8(2)6-7;1-8(2)10-6-4-9(3)5-7-10;2*1-6-3-4-8(7(2)11)5-9(6)10;1-6-3-4-8(7(2)11)9(10)5-6;1-6-4-9(8(3)11)10-5-7(6)2;1-6-4-5-9(8(3)11)10-7(6)2;1-7-3-5-9(6-4-7)8(2)10;1-5-3-4-7(6(2)11)10-8(5)9;;/h4*4-6H,1-3H3;4-7H,1H2,2-3H3;3*3-5H,1-2H3;2*4-5H,1-3H3;3-6H,1-2H3;3-4H,1-2H3;2*1H4. The molecule has 0 saturated carbocycles. The van der Waals surface area contributed by atoms with Gasteiger partial charge in [-0.05, 0) is 302 Å². The second kappa shape index (κ2) is 60.2. The lowest BCUT2D eigenvalue weighted by molar-refractivity contribution is 0.0999. The van der Waals surface area contributed by atoms with E-state index in [1.165, 1.54) is 116 Å². The molecule has 700 valence electrons. The van der Waals surface area contributed by atoms with Crippen LogP contribution in [0, 0.1) is 148 Å². The molecular formula is C114H135F4N3O11. The van der Waals surface area contributed by atoms with E-state index in [0.29, 0.717) is 39.2 Å². The summed E-state index contributed by atoms with van der Waals surface area (Å²) < 4.78 is 51.1. The first-order valence-corrected chi connectivity index (χ1v) is 42.0. The summed E-state index contributed by atoms with van der Waals surface area (Å²) >= 11 is 0. The summed E-state index contributed by atoms with van der Waals surface area (Å²) in [6.07, 6.45) is 1.73. The molecule has 9 aromatic carbocycles. The Morgan fingerprint density at radius 2 is 0.508 bits per heavy atom. The Labute approximate surface area is 782 Å². The van der Waals surface area contributed by atoms with Crippen LogP contribution in [-0.2, 0) is 0 Å². The Balaban J connectivity index is 0. The van der Waals surface area contributed by atoms with Gasteiger partial charge in [-0.25, -0.2) is 23.1 Å². The number of ketones is 11. The van der Waals surface area contributed by atoms with Crippen molar-refractivity contribution in [2.24, 2.45) is 0 Å². The van der Waals surface area contributed by atoms with E-state index in [1.54, 1.807) is 111 Å². The van der Waals surface area contributed by atoms with Crippen molar-refractivity contribution in [2.75, 3.05) is 0 Å². The van der Waals surface area contributed by atoms with Gasteiger partial charge in [-0.3, -0.25) is 57.7 Å². The van der Waals surface area contributed by atoms with Crippen LogP contribution < -0.4 is 0 Å². The number of allylic oxidation sites excluding steroid dienone is 1. The summed E-state index contributed by atoms with van der Waals surface area (Å²) in [6.45, 7) is 57.1. The summed E-state index contributed by atoms with van der Waals surface area (Å²) in [7, 11) is 0. The molecule has 12 aromatic rings. The summed E-state index contributed by atoms with van der Waals surface area (Å²) in [5.74, 6) is -1.59. The van der Waals surface area contributed by atoms with E-state index in [0.717, 1.165) is 78.0 Å². The molecule has 0 bridgehead atoms. The number of benzene rings is 9. The van der Waals surface area contributed by atoms with Gasteiger partial charge in [0.1, 0.15) is 34.5 Å². The Kier molecular flexibility index (Phi) is 54.9. The largest absolute Gasteiger partial charge is 0.295 e. The fourth-order valence-electron chi connectivity index (χ4n) is 11.1. The molecule has 3 aromatic heterocycles. The number of halogens is 4. The van der Waals surface area contributed by atoms with E-state index in [9.17, 15) is 70.3 Å². The van der Waals surface area contributed by atoms with Crippen molar-refractivity contribution >= 4 is 69.2 Å². The first-order chi connectivity index (χ1) is 60.5.